The van der Waals surface area contributed by atoms with Crippen LogP contribution in [-0.4, -0.2) is 22.7 Å². The van der Waals surface area contributed by atoms with Gasteiger partial charge in [-0.05, 0) is 0 Å². The van der Waals surface area contributed by atoms with Gasteiger partial charge < -0.3 is 10.2 Å². The molecule has 0 saturated carbocycles. The summed E-state index contributed by atoms with van der Waals surface area (Å²) in [5.74, 6) is -1.77. The van der Waals surface area contributed by atoms with Crippen LogP contribution < -0.4 is 5.32 Å². The molecule has 0 aliphatic rings. The van der Waals surface area contributed by atoms with Crippen molar-refractivity contribution in [2.45, 2.75) is 12.8 Å². The third-order valence-electron chi connectivity index (χ3n) is 0.581. The van der Waals surface area contributed by atoms with Gasteiger partial charge in [0.25, 0.3) is 0 Å². The fourth-order valence-electron chi connectivity index (χ4n) is 0.266. The van der Waals surface area contributed by atoms with Gasteiger partial charge in [0.1, 0.15) is 0 Å². The monoisotopic (exact) mass is 117 g/mol. The Morgan fingerprint density at radius 3 is 2.38 bits per heavy atom. The van der Waals surface area contributed by atoms with Crippen LogP contribution >= 0.6 is 0 Å². The highest BCUT2D eigenvalue weighted by molar-refractivity contribution is 4.71. The fraction of sp³-hybridized carbons (Fsp3) is 0.600. The van der Waals surface area contributed by atoms with Gasteiger partial charge in [0, 0.05) is 13.5 Å². The molecule has 0 amide bonds. The van der Waals surface area contributed by atoms with Crippen molar-refractivity contribution in [2.24, 2.45) is 0 Å². The number of aliphatic hydroxyl groups is 2. The fourth-order valence-corrected chi connectivity index (χ4v) is 0.266. The second-order valence-electron chi connectivity index (χ2n) is 1.69. The van der Waals surface area contributed by atoms with Gasteiger partial charge in [-0.1, -0.05) is 6.08 Å². The topological polar surface area (TPSA) is 52.5 Å². The molecule has 0 rings (SSSR count). The Kier molecular flexibility index (Phi) is 2.68. The first-order valence-corrected chi connectivity index (χ1v) is 2.37. The highest BCUT2D eigenvalue weighted by Crippen LogP contribution is 1.86. The van der Waals surface area contributed by atoms with Crippen LogP contribution in [0.1, 0.15) is 6.92 Å². The zero-order valence-electron chi connectivity index (χ0n) is 4.89. The predicted octanol–water partition coefficient (Wildman–Crippen LogP) is -0.580. The lowest BCUT2D eigenvalue weighted by atomic mass is 10.5. The van der Waals surface area contributed by atoms with E-state index in [1.54, 1.807) is 6.08 Å². The van der Waals surface area contributed by atoms with Crippen LogP contribution in [-0.2, 0) is 0 Å². The summed E-state index contributed by atoms with van der Waals surface area (Å²) in [4.78, 5) is 0. The summed E-state index contributed by atoms with van der Waals surface area (Å²) < 4.78 is 0. The summed E-state index contributed by atoms with van der Waals surface area (Å²) in [7, 11) is 0. The van der Waals surface area contributed by atoms with Gasteiger partial charge in [0.05, 0.1) is 0 Å². The third-order valence-corrected chi connectivity index (χ3v) is 0.581. The molecule has 3 heteroatoms. The maximum atomic E-state index is 8.55. The summed E-state index contributed by atoms with van der Waals surface area (Å²) in [6.07, 6.45) is 1.55. The SMILES string of the molecule is C=CCNC(C)(O)O. The minimum absolute atomic E-state index is 0.392. The molecule has 0 bridgehead atoms. The van der Waals surface area contributed by atoms with E-state index in [4.69, 9.17) is 10.2 Å². The lowest BCUT2D eigenvalue weighted by Gasteiger charge is -2.15. The summed E-state index contributed by atoms with van der Waals surface area (Å²) >= 11 is 0. The summed E-state index contributed by atoms with van der Waals surface area (Å²) in [5, 5.41) is 19.5. The van der Waals surface area contributed by atoms with E-state index in [0.29, 0.717) is 6.54 Å². The molecule has 0 spiro atoms. The highest BCUT2D eigenvalue weighted by atomic mass is 16.5. The smallest absolute Gasteiger partial charge is 0.219 e. The number of hydrogen-bond donors (Lipinski definition) is 3. The molecule has 3 nitrogen and oxygen atoms in total. The van der Waals surface area contributed by atoms with Gasteiger partial charge >= 0.3 is 0 Å². The van der Waals surface area contributed by atoms with Crippen molar-refractivity contribution in [1.82, 2.24) is 5.32 Å². The quantitative estimate of drug-likeness (QED) is 0.342. The maximum absolute atomic E-state index is 8.55. The van der Waals surface area contributed by atoms with Crippen LogP contribution in [0.25, 0.3) is 0 Å². The van der Waals surface area contributed by atoms with Gasteiger partial charge in [-0.2, -0.15) is 0 Å². The van der Waals surface area contributed by atoms with E-state index in [2.05, 4.69) is 11.9 Å². The first kappa shape index (κ1) is 7.62. The zero-order chi connectivity index (χ0) is 6.62. The number of rotatable bonds is 3. The lowest BCUT2D eigenvalue weighted by molar-refractivity contribution is -0.167. The molecule has 0 fully saturated rings. The van der Waals surface area contributed by atoms with Crippen molar-refractivity contribution in [2.75, 3.05) is 6.54 Å². The van der Waals surface area contributed by atoms with E-state index in [-0.39, 0.29) is 0 Å². The average Bonchev–Trinajstić information content (AvgIpc) is 1.59. The first-order chi connectivity index (χ1) is 3.56. The molecule has 0 radical (unpaired) electrons. The molecular formula is C5H11NO2. The van der Waals surface area contributed by atoms with Gasteiger partial charge in [-0.25, -0.2) is 0 Å². The Bertz CT molecular complexity index is 75.0. The molecular weight excluding hydrogens is 106 g/mol. The van der Waals surface area contributed by atoms with Crippen molar-refractivity contribution < 1.29 is 10.2 Å². The second-order valence-corrected chi connectivity index (χ2v) is 1.69. The van der Waals surface area contributed by atoms with Gasteiger partial charge in [-0.15, -0.1) is 6.58 Å². The van der Waals surface area contributed by atoms with Crippen molar-refractivity contribution in [3.63, 3.8) is 0 Å². The van der Waals surface area contributed by atoms with Crippen LogP contribution in [0, 0.1) is 0 Å². The number of nitrogens with one attached hydrogen (secondary N) is 1. The Morgan fingerprint density at radius 2 is 2.25 bits per heavy atom. The van der Waals surface area contributed by atoms with Crippen LogP contribution in [0.4, 0.5) is 0 Å². The normalized spacial score (nSPS) is 11.4. The van der Waals surface area contributed by atoms with Gasteiger partial charge in [-0.3, -0.25) is 5.32 Å². The van der Waals surface area contributed by atoms with Crippen molar-refractivity contribution in [3.8, 4) is 0 Å². The highest BCUT2D eigenvalue weighted by Gasteiger charge is 2.10. The van der Waals surface area contributed by atoms with Crippen molar-refractivity contribution >= 4 is 0 Å². The third kappa shape index (κ3) is 5.62. The predicted molar refractivity (Wildman–Crippen MR) is 31.0 cm³/mol. The van der Waals surface area contributed by atoms with E-state index < -0.39 is 5.91 Å². The molecule has 0 atom stereocenters. The molecule has 8 heavy (non-hydrogen) atoms. The van der Waals surface area contributed by atoms with E-state index >= 15 is 0 Å². The molecule has 48 valence electrons. The van der Waals surface area contributed by atoms with Crippen molar-refractivity contribution in [1.29, 1.82) is 0 Å². The summed E-state index contributed by atoms with van der Waals surface area (Å²) in [6, 6.07) is 0. The van der Waals surface area contributed by atoms with Crippen LogP contribution in [0.15, 0.2) is 12.7 Å². The largest absolute Gasteiger partial charge is 0.354 e. The lowest BCUT2D eigenvalue weighted by Crippen LogP contribution is -2.41. The Labute approximate surface area is 48.6 Å². The van der Waals surface area contributed by atoms with Gasteiger partial charge in [0.15, 0.2) is 0 Å². The van der Waals surface area contributed by atoms with E-state index in [9.17, 15) is 0 Å². The van der Waals surface area contributed by atoms with E-state index in [1.807, 2.05) is 0 Å². The van der Waals surface area contributed by atoms with E-state index in [1.165, 1.54) is 6.92 Å². The van der Waals surface area contributed by atoms with Crippen LogP contribution in [0.5, 0.6) is 0 Å². The first-order valence-electron chi connectivity index (χ1n) is 2.37. The molecule has 0 heterocycles. The Morgan fingerprint density at radius 1 is 1.75 bits per heavy atom. The Hall–Kier alpha value is -0.380. The molecule has 0 aromatic rings. The summed E-state index contributed by atoms with van der Waals surface area (Å²) in [6.45, 7) is 5.02. The van der Waals surface area contributed by atoms with Crippen LogP contribution in [0.2, 0.25) is 0 Å². The maximum Gasteiger partial charge on any atom is 0.219 e. The molecule has 0 aliphatic carbocycles. The molecule has 3 N–H and O–H groups in total. The average molecular weight is 117 g/mol. The molecule has 0 unspecified atom stereocenters. The Balaban J connectivity index is 3.24. The summed E-state index contributed by atoms with van der Waals surface area (Å²) in [5.41, 5.74) is 0. The van der Waals surface area contributed by atoms with Gasteiger partial charge in [0.2, 0.25) is 5.91 Å². The molecule has 0 saturated heterocycles. The van der Waals surface area contributed by atoms with Crippen molar-refractivity contribution in [3.05, 3.63) is 12.7 Å². The number of hydrogen-bond acceptors (Lipinski definition) is 3. The molecule has 0 aliphatic heterocycles. The zero-order valence-corrected chi connectivity index (χ0v) is 4.89. The minimum Gasteiger partial charge on any atom is -0.354 e. The molecule has 0 aromatic carbocycles. The van der Waals surface area contributed by atoms with Crippen LogP contribution in [0.3, 0.4) is 0 Å². The minimum atomic E-state index is -1.77. The second kappa shape index (κ2) is 2.81. The van der Waals surface area contributed by atoms with E-state index in [0.717, 1.165) is 0 Å². The standard InChI is InChI=1S/C5H11NO2/c1-3-4-6-5(2,7)8/h3,6-8H,1,4H2,2H3. The molecule has 0 aromatic heterocycles.